The first-order valence-electron chi connectivity index (χ1n) is 9.50. The molecule has 0 saturated carbocycles. The number of piperidine rings is 1. The number of hydrogen-bond acceptors (Lipinski definition) is 4. The Labute approximate surface area is 159 Å². The molecule has 2 heterocycles. The Morgan fingerprint density at radius 2 is 1.89 bits per heavy atom. The average molecular weight is 372 g/mol. The number of carbonyl (C=O) groups is 2. The van der Waals surface area contributed by atoms with Gasteiger partial charge in [0.15, 0.2) is 0 Å². The summed E-state index contributed by atoms with van der Waals surface area (Å²) in [5.41, 5.74) is 0.312. The number of furan rings is 1. The van der Waals surface area contributed by atoms with E-state index in [9.17, 15) is 9.59 Å². The largest absolute Gasteiger partial charge is 0.459 e. The molecule has 1 atom stereocenters. The molecule has 1 aliphatic rings. The molecular formula is C21H28N2O4. The standard InChI is InChI=1S/C21H28N2O4/c1-14(18-13-16-7-5-6-8-17(16)26-18)22-19(24)15-9-11-23(12-10-15)20(25)27-21(2,3)4/h5-8,13-15H,9-12H2,1-4H3,(H,22,24)/t14-/m1/s1. The van der Waals surface area contributed by atoms with Crippen LogP contribution in [0.15, 0.2) is 34.7 Å². The summed E-state index contributed by atoms with van der Waals surface area (Å²) in [6.45, 7) is 8.54. The third kappa shape index (κ3) is 4.81. The van der Waals surface area contributed by atoms with Gasteiger partial charge in [0.2, 0.25) is 5.91 Å². The van der Waals surface area contributed by atoms with E-state index in [1.54, 1.807) is 4.90 Å². The van der Waals surface area contributed by atoms with Gasteiger partial charge in [-0.25, -0.2) is 4.79 Å². The maximum atomic E-state index is 12.6. The van der Waals surface area contributed by atoms with Gasteiger partial charge in [-0.3, -0.25) is 4.79 Å². The van der Waals surface area contributed by atoms with Gasteiger partial charge in [-0.2, -0.15) is 0 Å². The normalized spacial score (nSPS) is 17.0. The van der Waals surface area contributed by atoms with Gasteiger partial charge >= 0.3 is 6.09 Å². The third-order valence-corrected chi connectivity index (χ3v) is 4.75. The molecule has 146 valence electrons. The number of rotatable bonds is 3. The van der Waals surface area contributed by atoms with Gasteiger partial charge in [0, 0.05) is 24.4 Å². The molecule has 0 spiro atoms. The summed E-state index contributed by atoms with van der Waals surface area (Å²) in [6.07, 6.45) is 0.965. The van der Waals surface area contributed by atoms with E-state index in [0.29, 0.717) is 25.9 Å². The number of nitrogens with zero attached hydrogens (tertiary/aromatic N) is 1. The van der Waals surface area contributed by atoms with Crippen LogP contribution in [0.1, 0.15) is 52.3 Å². The lowest BCUT2D eigenvalue weighted by atomic mass is 9.95. The van der Waals surface area contributed by atoms with Gasteiger partial charge in [0.1, 0.15) is 16.9 Å². The van der Waals surface area contributed by atoms with E-state index in [4.69, 9.17) is 9.15 Å². The summed E-state index contributed by atoms with van der Waals surface area (Å²) in [4.78, 5) is 26.4. The predicted molar refractivity (Wildman–Crippen MR) is 103 cm³/mol. The minimum absolute atomic E-state index is 0.00629. The molecule has 6 nitrogen and oxygen atoms in total. The van der Waals surface area contributed by atoms with Crippen LogP contribution in [0.4, 0.5) is 4.79 Å². The summed E-state index contributed by atoms with van der Waals surface area (Å²) >= 11 is 0. The molecule has 0 radical (unpaired) electrons. The molecule has 2 amide bonds. The van der Waals surface area contributed by atoms with Crippen molar-refractivity contribution < 1.29 is 18.7 Å². The Morgan fingerprint density at radius 3 is 2.52 bits per heavy atom. The van der Waals surface area contributed by atoms with E-state index in [1.807, 2.05) is 58.0 Å². The van der Waals surface area contributed by atoms with E-state index in [0.717, 1.165) is 16.7 Å². The van der Waals surface area contributed by atoms with Gasteiger partial charge in [-0.1, -0.05) is 18.2 Å². The van der Waals surface area contributed by atoms with Crippen molar-refractivity contribution in [2.75, 3.05) is 13.1 Å². The highest BCUT2D eigenvalue weighted by Gasteiger charge is 2.30. The number of carbonyl (C=O) groups excluding carboxylic acids is 2. The lowest BCUT2D eigenvalue weighted by Gasteiger charge is -2.33. The van der Waals surface area contributed by atoms with E-state index in [-0.39, 0.29) is 24.0 Å². The first-order chi connectivity index (χ1) is 12.7. The molecule has 0 bridgehead atoms. The Kier molecular flexibility index (Phi) is 5.44. The topological polar surface area (TPSA) is 71.8 Å². The lowest BCUT2D eigenvalue weighted by Crippen LogP contribution is -2.45. The van der Waals surface area contributed by atoms with Crippen molar-refractivity contribution in [3.05, 3.63) is 36.1 Å². The quantitative estimate of drug-likeness (QED) is 0.874. The Hall–Kier alpha value is -2.50. The first-order valence-corrected chi connectivity index (χ1v) is 9.50. The second-order valence-electron chi connectivity index (χ2n) is 8.16. The number of nitrogens with one attached hydrogen (secondary N) is 1. The minimum atomic E-state index is -0.507. The molecule has 6 heteroatoms. The summed E-state index contributed by atoms with van der Waals surface area (Å²) in [6, 6.07) is 9.56. The van der Waals surface area contributed by atoms with E-state index >= 15 is 0 Å². The molecule has 1 saturated heterocycles. The zero-order chi connectivity index (χ0) is 19.6. The molecular weight excluding hydrogens is 344 g/mol. The second kappa shape index (κ2) is 7.62. The number of para-hydroxylation sites is 1. The van der Waals surface area contributed by atoms with Gasteiger partial charge < -0.3 is 19.4 Å². The number of likely N-dealkylation sites (tertiary alicyclic amines) is 1. The monoisotopic (exact) mass is 372 g/mol. The molecule has 1 aliphatic heterocycles. The summed E-state index contributed by atoms with van der Waals surface area (Å²) in [7, 11) is 0. The molecule has 1 fully saturated rings. The zero-order valence-corrected chi connectivity index (χ0v) is 16.5. The molecule has 2 aromatic rings. The number of benzene rings is 1. The fourth-order valence-corrected chi connectivity index (χ4v) is 3.27. The zero-order valence-electron chi connectivity index (χ0n) is 16.5. The summed E-state index contributed by atoms with van der Waals surface area (Å²) in [5.74, 6) is 0.651. The smallest absolute Gasteiger partial charge is 0.410 e. The van der Waals surface area contributed by atoms with E-state index < -0.39 is 5.60 Å². The highest BCUT2D eigenvalue weighted by molar-refractivity contribution is 5.80. The van der Waals surface area contributed by atoms with Gasteiger partial charge in [-0.05, 0) is 52.7 Å². The summed E-state index contributed by atoms with van der Waals surface area (Å²) < 4.78 is 11.2. The molecule has 3 rings (SSSR count). The number of fused-ring (bicyclic) bond motifs is 1. The highest BCUT2D eigenvalue weighted by atomic mass is 16.6. The first kappa shape index (κ1) is 19.3. The van der Waals surface area contributed by atoms with Crippen molar-refractivity contribution in [1.82, 2.24) is 10.2 Å². The van der Waals surface area contributed by atoms with E-state index in [1.165, 1.54) is 0 Å². The van der Waals surface area contributed by atoms with Crippen LogP contribution in [0.25, 0.3) is 11.0 Å². The fraction of sp³-hybridized carbons (Fsp3) is 0.524. The Balaban J connectivity index is 1.52. The van der Waals surface area contributed by atoms with Crippen LogP contribution in [-0.4, -0.2) is 35.6 Å². The Morgan fingerprint density at radius 1 is 1.22 bits per heavy atom. The summed E-state index contributed by atoms with van der Waals surface area (Å²) in [5, 5.41) is 4.07. The molecule has 27 heavy (non-hydrogen) atoms. The molecule has 0 aliphatic carbocycles. The van der Waals surface area contributed by atoms with Crippen molar-refractivity contribution >= 4 is 23.0 Å². The number of ether oxygens (including phenoxy) is 1. The SMILES string of the molecule is C[C@@H](NC(=O)C1CCN(C(=O)OC(C)(C)C)CC1)c1cc2ccccc2o1. The molecule has 1 aromatic heterocycles. The van der Waals surface area contributed by atoms with Crippen molar-refractivity contribution in [2.45, 2.75) is 52.2 Å². The highest BCUT2D eigenvalue weighted by Crippen LogP contribution is 2.25. The average Bonchev–Trinajstić information content (AvgIpc) is 3.04. The third-order valence-electron chi connectivity index (χ3n) is 4.75. The van der Waals surface area contributed by atoms with Crippen LogP contribution in [0.3, 0.4) is 0 Å². The number of amides is 2. The molecule has 1 aromatic carbocycles. The van der Waals surface area contributed by atoms with Crippen LogP contribution in [0.2, 0.25) is 0 Å². The number of hydrogen-bond donors (Lipinski definition) is 1. The van der Waals surface area contributed by atoms with Crippen LogP contribution in [0.5, 0.6) is 0 Å². The van der Waals surface area contributed by atoms with Crippen molar-refractivity contribution in [3.63, 3.8) is 0 Å². The van der Waals surface area contributed by atoms with Crippen LogP contribution in [0, 0.1) is 5.92 Å². The van der Waals surface area contributed by atoms with Crippen LogP contribution in [-0.2, 0) is 9.53 Å². The predicted octanol–water partition coefficient (Wildman–Crippen LogP) is 4.26. The second-order valence-corrected chi connectivity index (χ2v) is 8.16. The maximum absolute atomic E-state index is 12.6. The van der Waals surface area contributed by atoms with Crippen molar-refractivity contribution in [2.24, 2.45) is 5.92 Å². The lowest BCUT2D eigenvalue weighted by molar-refractivity contribution is -0.127. The van der Waals surface area contributed by atoms with Crippen molar-refractivity contribution in [1.29, 1.82) is 0 Å². The Bertz CT molecular complexity index is 780. The van der Waals surface area contributed by atoms with Crippen LogP contribution < -0.4 is 5.32 Å². The van der Waals surface area contributed by atoms with Crippen LogP contribution >= 0.6 is 0 Å². The molecule has 0 unspecified atom stereocenters. The minimum Gasteiger partial charge on any atom is -0.459 e. The molecule has 1 N–H and O–H groups in total. The maximum Gasteiger partial charge on any atom is 0.410 e. The fourth-order valence-electron chi connectivity index (χ4n) is 3.27. The van der Waals surface area contributed by atoms with Gasteiger partial charge in [0.25, 0.3) is 0 Å². The van der Waals surface area contributed by atoms with E-state index in [2.05, 4.69) is 5.32 Å². The van der Waals surface area contributed by atoms with Gasteiger partial charge in [-0.15, -0.1) is 0 Å². The van der Waals surface area contributed by atoms with Crippen molar-refractivity contribution in [3.8, 4) is 0 Å². The van der Waals surface area contributed by atoms with Gasteiger partial charge in [0.05, 0.1) is 6.04 Å².